The van der Waals surface area contributed by atoms with Gasteiger partial charge < -0.3 is 14.4 Å². The minimum absolute atomic E-state index is 0.0363. The Morgan fingerprint density at radius 1 is 1.20 bits per heavy atom. The Kier molecular flexibility index (Phi) is 5.74. The summed E-state index contributed by atoms with van der Waals surface area (Å²) in [7, 11) is 1.41. The molecule has 25 heavy (non-hydrogen) atoms. The molecule has 5 nitrogen and oxygen atoms in total. The molecule has 5 heteroatoms. The Labute approximate surface area is 149 Å². The van der Waals surface area contributed by atoms with Gasteiger partial charge in [-0.15, -0.1) is 0 Å². The monoisotopic (exact) mass is 345 g/mol. The number of esters is 1. The standard InChI is InChI=1S/C20H27NO4/c1-24-19(23)17(13-18(22)21-9-11-25-12-10-21)15-20(7-8-20)14-16-5-3-2-4-6-16/h2-6,17H,7-15H2,1H3. The Bertz CT molecular complexity index is 591. The maximum absolute atomic E-state index is 12.6. The quantitative estimate of drug-likeness (QED) is 0.712. The first-order valence-corrected chi connectivity index (χ1v) is 9.09. The van der Waals surface area contributed by atoms with Gasteiger partial charge in [-0.25, -0.2) is 0 Å². The summed E-state index contributed by atoms with van der Waals surface area (Å²) in [6, 6.07) is 10.4. The number of hydrogen-bond acceptors (Lipinski definition) is 4. The second kappa shape index (κ2) is 8.00. The molecule has 1 saturated heterocycles. The van der Waals surface area contributed by atoms with E-state index in [1.807, 2.05) is 18.2 Å². The zero-order valence-corrected chi connectivity index (χ0v) is 14.9. The molecule has 1 amide bonds. The van der Waals surface area contributed by atoms with Crippen molar-refractivity contribution in [3.63, 3.8) is 0 Å². The predicted molar refractivity (Wildman–Crippen MR) is 94.0 cm³/mol. The fourth-order valence-electron chi connectivity index (χ4n) is 3.74. The van der Waals surface area contributed by atoms with Crippen molar-refractivity contribution in [2.45, 2.75) is 32.1 Å². The van der Waals surface area contributed by atoms with Crippen LogP contribution in [-0.2, 0) is 25.5 Å². The van der Waals surface area contributed by atoms with E-state index in [1.165, 1.54) is 12.7 Å². The van der Waals surface area contributed by atoms with E-state index in [2.05, 4.69) is 12.1 Å². The number of carbonyl (C=O) groups excluding carboxylic acids is 2. The largest absolute Gasteiger partial charge is 0.469 e. The van der Waals surface area contributed by atoms with Crippen LogP contribution in [0.15, 0.2) is 30.3 Å². The number of morpholine rings is 1. The van der Waals surface area contributed by atoms with Crippen LogP contribution in [0.2, 0.25) is 0 Å². The van der Waals surface area contributed by atoms with Gasteiger partial charge in [-0.3, -0.25) is 9.59 Å². The summed E-state index contributed by atoms with van der Waals surface area (Å²) in [6.07, 6.45) is 4.16. The number of hydrogen-bond donors (Lipinski definition) is 0. The van der Waals surface area contributed by atoms with Crippen molar-refractivity contribution in [1.29, 1.82) is 0 Å². The lowest BCUT2D eigenvalue weighted by molar-refractivity contribution is -0.150. The van der Waals surface area contributed by atoms with Crippen molar-refractivity contribution in [1.82, 2.24) is 4.90 Å². The van der Waals surface area contributed by atoms with Crippen molar-refractivity contribution in [3.8, 4) is 0 Å². The van der Waals surface area contributed by atoms with Gasteiger partial charge in [0.1, 0.15) is 0 Å². The first-order valence-electron chi connectivity index (χ1n) is 9.09. The van der Waals surface area contributed by atoms with Gasteiger partial charge in [0.2, 0.25) is 5.91 Å². The Morgan fingerprint density at radius 3 is 2.48 bits per heavy atom. The highest BCUT2D eigenvalue weighted by Gasteiger charge is 2.46. The lowest BCUT2D eigenvalue weighted by Gasteiger charge is -2.29. The van der Waals surface area contributed by atoms with Gasteiger partial charge in [0.05, 0.1) is 26.2 Å². The number of rotatable bonds is 7. The highest BCUT2D eigenvalue weighted by molar-refractivity contribution is 5.83. The van der Waals surface area contributed by atoms with E-state index >= 15 is 0 Å². The molecule has 0 radical (unpaired) electrons. The van der Waals surface area contributed by atoms with Gasteiger partial charge in [-0.2, -0.15) is 0 Å². The molecule has 1 aromatic rings. The van der Waals surface area contributed by atoms with E-state index in [-0.39, 0.29) is 29.6 Å². The summed E-state index contributed by atoms with van der Waals surface area (Å²) in [5.41, 5.74) is 1.44. The summed E-state index contributed by atoms with van der Waals surface area (Å²) in [5.74, 6) is -0.582. The van der Waals surface area contributed by atoms with Crippen LogP contribution in [0.1, 0.15) is 31.2 Å². The van der Waals surface area contributed by atoms with Gasteiger partial charge in [0, 0.05) is 19.5 Å². The maximum Gasteiger partial charge on any atom is 0.309 e. The summed E-state index contributed by atoms with van der Waals surface area (Å²) < 4.78 is 10.3. The third-order valence-corrected chi connectivity index (χ3v) is 5.38. The van der Waals surface area contributed by atoms with Crippen LogP contribution in [0, 0.1) is 11.3 Å². The third kappa shape index (κ3) is 4.82. The summed E-state index contributed by atoms with van der Waals surface area (Å²) in [4.78, 5) is 26.6. The topological polar surface area (TPSA) is 55.8 Å². The van der Waals surface area contributed by atoms with Crippen LogP contribution < -0.4 is 0 Å². The molecule has 0 spiro atoms. The zero-order valence-electron chi connectivity index (χ0n) is 14.9. The molecule has 1 aliphatic carbocycles. The number of benzene rings is 1. The number of carbonyl (C=O) groups is 2. The molecule has 2 aliphatic rings. The van der Waals surface area contributed by atoms with Crippen LogP contribution in [0.3, 0.4) is 0 Å². The van der Waals surface area contributed by atoms with Gasteiger partial charge in [0.25, 0.3) is 0 Å². The van der Waals surface area contributed by atoms with Gasteiger partial charge in [-0.05, 0) is 36.7 Å². The summed E-state index contributed by atoms with van der Waals surface area (Å²) in [5, 5.41) is 0. The second-order valence-corrected chi connectivity index (χ2v) is 7.28. The highest BCUT2D eigenvalue weighted by atomic mass is 16.5. The normalized spacial score (nSPS) is 20.0. The van der Waals surface area contributed by atoms with Crippen LogP contribution in [0.25, 0.3) is 0 Å². The fraction of sp³-hybridized carbons (Fsp3) is 0.600. The van der Waals surface area contributed by atoms with Crippen LogP contribution >= 0.6 is 0 Å². The second-order valence-electron chi connectivity index (χ2n) is 7.28. The molecule has 136 valence electrons. The number of methoxy groups -OCH3 is 1. The Morgan fingerprint density at radius 2 is 1.88 bits per heavy atom. The van der Waals surface area contributed by atoms with Crippen molar-refractivity contribution in [2.24, 2.45) is 11.3 Å². The number of nitrogens with zero attached hydrogens (tertiary/aromatic N) is 1. The molecule has 0 aromatic heterocycles. The minimum atomic E-state index is -0.355. The summed E-state index contributed by atoms with van der Waals surface area (Å²) in [6.45, 7) is 2.38. The Hall–Kier alpha value is -1.88. The molecule has 1 unspecified atom stereocenters. The average molecular weight is 345 g/mol. The third-order valence-electron chi connectivity index (χ3n) is 5.38. The average Bonchev–Trinajstić information content (AvgIpc) is 3.41. The molecule has 1 saturated carbocycles. The minimum Gasteiger partial charge on any atom is -0.469 e. The van der Waals surface area contributed by atoms with E-state index in [0.29, 0.717) is 26.3 Å². The van der Waals surface area contributed by atoms with E-state index in [4.69, 9.17) is 9.47 Å². The predicted octanol–water partition coefficient (Wildman–Crippen LogP) is 2.44. The molecule has 0 bridgehead atoms. The van der Waals surface area contributed by atoms with E-state index in [1.54, 1.807) is 4.90 Å². The zero-order chi connectivity index (χ0) is 17.7. The van der Waals surface area contributed by atoms with E-state index in [0.717, 1.165) is 25.7 Å². The van der Waals surface area contributed by atoms with Gasteiger partial charge in [0.15, 0.2) is 0 Å². The van der Waals surface area contributed by atoms with Crippen LogP contribution in [0.4, 0.5) is 0 Å². The van der Waals surface area contributed by atoms with Crippen molar-refractivity contribution in [3.05, 3.63) is 35.9 Å². The molecule has 1 heterocycles. The SMILES string of the molecule is COC(=O)C(CC(=O)N1CCOCC1)CC1(Cc2ccccc2)CC1. The lowest BCUT2D eigenvalue weighted by atomic mass is 9.85. The first kappa shape index (κ1) is 17.9. The van der Waals surface area contributed by atoms with Crippen molar-refractivity contribution >= 4 is 11.9 Å². The number of ether oxygens (including phenoxy) is 2. The van der Waals surface area contributed by atoms with Crippen molar-refractivity contribution in [2.75, 3.05) is 33.4 Å². The highest BCUT2D eigenvalue weighted by Crippen LogP contribution is 2.53. The van der Waals surface area contributed by atoms with E-state index < -0.39 is 0 Å². The smallest absolute Gasteiger partial charge is 0.309 e. The molecule has 1 atom stereocenters. The maximum atomic E-state index is 12.6. The lowest BCUT2D eigenvalue weighted by Crippen LogP contribution is -2.42. The molecule has 0 N–H and O–H groups in total. The van der Waals surface area contributed by atoms with Gasteiger partial charge in [-0.1, -0.05) is 30.3 Å². The first-order chi connectivity index (χ1) is 12.1. The fourth-order valence-corrected chi connectivity index (χ4v) is 3.74. The van der Waals surface area contributed by atoms with E-state index in [9.17, 15) is 9.59 Å². The molecule has 1 aliphatic heterocycles. The van der Waals surface area contributed by atoms with Crippen molar-refractivity contribution < 1.29 is 19.1 Å². The molecule has 3 rings (SSSR count). The van der Waals surface area contributed by atoms with Gasteiger partial charge >= 0.3 is 5.97 Å². The summed E-state index contributed by atoms with van der Waals surface area (Å²) >= 11 is 0. The molecular formula is C20H27NO4. The molecule has 1 aromatic carbocycles. The molecular weight excluding hydrogens is 318 g/mol. The molecule has 2 fully saturated rings. The number of amides is 1. The Balaban J connectivity index is 1.62. The van der Waals surface area contributed by atoms with Crippen LogP contribution in [-0.4, -0.2) is 50.2 Å². The van der Waals surface area contributed by atoms with Crippen LogP contribution in [0.5, 0.6) is 0 Å².